The van der Waals surface area contributed by atoms with Crippen molar-refractivity contribution < 1.29 is 18.0 Å². The number of amides is 2. The molecule has 0 bridgehead atoms. The Balaban J connectivity index is 1.89. The highest BCUT2D eigenvalue weighted by Gasteiger charge is 2.31. The highest BCUT2D eigenvalue weighted by atomic mass is 35.5. The lowest BCUT2D eigenvalue weighted by Gasteiger charge is -2.33. The van der Waals surface area contributed by atoms with Crippen molar-refractivity contribution in [2.24, 2.45) is 0 Å². The standard InChI is InChI=1S/C26H33Cl2N3O4S/c1-18-9-11-20(12-10-18)16-30(19(2)26(33)29-22-7-5-4-6-8-22)25(32)17-31(36(3,34)35)24-15-21(27)13-14-23(24)28/h9-15,19,22H,4-8,16-17H2,1-3H3,(H,29,33)/t19-/m0/s1. The number of aryl methyl sites for hydroxylation is 1. The Morgan fingerprint density at radius 1 is 1.06 bits per heavy atom. The van der Waals surface area contributed by atoms with Crippen LogP contribution in [0.4, 0.5) is 5.69 Å². The molecular formula is C26H33Cl2N3O4S. The van der Waals surface area contributed by atoms with Gasteiger partial charge in [0.25, 0.3) is 0 Å². The van der Waals surface area contributed by atoms with Crippen LogP contribution in [0.5, 0.6) is 0 Å². The fraction of sp³-hybridized carbons (Fsp3) is 0.462. The maximum Gasteiger partial charge on any atom is 0.244 e. The molecule has 1 saturated carbocycles. The summed E-state index contributed by atoms with van der Waals surface area (Å²) in [6, 6.07) is 11.3. The predicted octanol–water partition coefficient (Wildman–Crippen LogP) is 4.93. The van der Waals surface area contributed by atoms with Gasteiger partial charge in [-0.05, 0) is 50.5 Å². The Morgan fingerprint density at radius 2 is 1.69 bits per heavy atom. The second kappa shape index (κ2) is 12.3. The third-order valence-electron chi connectivity index (χ3n) is 6.45. The first kappa shape index (κ1) is 28.3. The zero-order chi connectivity index (χ0) is 26.5. The van der Waals surface area contributed by atoms with Crippen LogP contribution in [0, 0.1) is 6.92 Å². The molecule has 2 aromatic rings. The van der Waals surface area contributed by atoms with Crippen LogP contribution in [0.25, 0.3) is 0 Å². The quantitative estimate of drug-likeness (QED) is 0.476. The monoisotopic (exact) mass is 553 g/mol. The van der Waals surface area contributed by atoms with Gasteiger partial charge in [-0.25, -0.2) is 8.42 Å². The summed E-state index contributed by atoms with van der Waals surface area (Å²) in [5, 5.41) is 3.51. The lowest BCUT2D eigenvalue weighted by atomic mass is 9.95. The number of hydrogen-bond acceptors (Lipinski definition) is 4. The molecule has 10 heteroatoms. The Morgan fingerprint density at radius 3 is 2.31 bits per heavy atom. The molecule has 2 amide bonds. The van der Waals surface area contributed by atoms with E-state index in [9.17, 15) is 18.0 Å². The minimum absolute atomic E-state index is 0.0859. The summed E-state index contributed by atoms with van der Waals surface area (Å²) in [4.78, 5) is 28.2. The third-order valence-corrected chi connectivity index (χ3v) is 8.13. The summed E-state index contributed by atoms with van der Waals surface area (Å²) in [7, 11) is -3.89. The minimum Gasteiger partial charge on any atom is -0.352 e. The van der Waals surface area contributed by atoms with Gasteiger partial charge in [0.15, 0.2) is 0 Å². The van der Waals surface area contributed by atoms with E-state index in [-0.39, 0.29) is 34.2 Å². The van der Waals surface area contributed by atoms with Gasteiger partial charge in [-0.3, -0.25) is 13.9 Å². The van der Waals surface area contributed by atoms with Crippen molar-refractivity contribution in [3.8, 4) is 0 Å². The molecule has 0 aromatic heterocycles. The lowest BCUT2D eigenvalue weighted by molar-refractivity contribution is -0.139. The molecule has 1 N–H and O–H groups in total. The molecule has 7 nitrogen and oxygen atoms in total. The summed E-state index contributed by atoms with van der Waals surface area (Å²) in [6.45, 7) is 3.26. The van der Waals surface area contributed by atoms with Gasteiger partial charge in [0, 0.05) is 17.6 Å². The van der Waals surface area contributed by atoms with Crippen molar-refractivity contribution in [1.29, 1.82) is 0 Å². The molecular weight excluding hydrogens is 521 g/mol. The zero-order valence-corrected chi connectivity index (χ0v) is 23.2. The van der Waals surface area contributed by atoms with Crippen LogP contribution < -0.4 is 9.62 Å². The van der Waals surface area contributed by atoms with Crippen LogP contribution in [-0.4, -0.2) is 50.0 Å². The molecule has 3 rings (SSSR count). The van der Waals surface area contributed by atoms with Crippen molar-refractivity contribution in [2.75, 3.05) is 17.1 Å². The number of benzene rings is 2. The van der Waals surface area contributed by atoms with E-state index in [0.29, 0.717) is 0 Å². The first-order valence-corrected chi connectivity index (χ1v) is 14.6. The third kappa shape index (κ3) is 7.60. The molecule has 0 radical (unpaired) electrons. The van der Waals surface area contributed by atoms with E-state index in [0.717, 1.165) is 53.8 Å². The van der Waals surface area contributed by atoms with Gasteiger partial charge < -0.3 is 10.2 Å². The molecule has 0 spiro atoms. The fourth-order valence-corrected chi connectivity index (χ4v) is 5.60. The molecule has 0 saturated heterocycles. The minimum atomic E-state index is -3.89. The molecule has 196 valence electrons. The molecule has 0 aliphatic heterocycles. The Hall–Kier alpha value is -2.29. The average Bonchev–Trinajstić information content (AvgIpc) is 2.83. The van der Waals surface area contributed by atoms with Gasteiger partial charge >= 0.3 is 0 Å². The molecule has 1 atom stereocenters. The molecule has 36 heavy (non-hydrogen) atoms. The van der Waals surface area contributed by atoms with Crippen molar-refractivity contribution in [3.05, 3.63) is 63.6 Å². The van der Waals surface area contributed by atoms with Gasteiger partial charge in [-0.15, -0.1) is 0 Å². The summed E-state index contributed by atoms with van der Waals surface area (Å²) in [5.74, 6) is -0.780. The number of anilines is 1. The summed E-state index contributed by atoms with van der Waals surface area (Å²) >= 11 is 12.4. The molecule has 1 aliphatic carbocycles. The first-order chi connectivity index (χ1) is 17.0. The number of carbonyl (C=O) groups excluding carboxylic acids is 2. The lowest BCUT2D eigenvalue weighted by Crippen LogP contribution is -2.53. The predicted molar refractivity (Wildman–Crippen MR) is 145 cm³/mol. The largest absolute Gasteiger partial charge is 0.352 e. The van der Waals surface area contributed by atoms with Crippen molar-refractivity contribution in [3.63, 3.8) is 0 Å². The first-order valence-electron chi connectivity index (χ1n) is 12.0. The van der Waals surface area contributed by atoms with E-state index < -0.39 is 28.5 Å². The number of carbonyl (C=O) groups is 2. The number of nitrogens with one attached hydrogen (secondary N) is 1. The highest BCUT2D eigenvalue weighted by molar-refractivity contribution is 7.92. The van der Waals surface area contributed by atoms with Gasteiger partial charge in [0.2, 0.25) is 21.8 Å². The van der Waals surface area contributed by atoms with Crippen molar-refractivity contribution in [1.82, 2.24) is 10.2 Å². The maximum atomic E-state index is 13.6. The second-order valence-corrected chi connectivity index (χ2v) is 12.1. The summed E-state index contributed by atoms with van der Waals surface area (Å²) < 4.78 is 26.3. The van der Waals surface area contributed by atoms with Crippen molar-refractivity contribution in [2.45, 2.75) is 64.6 Å². The Kier molecular flexibility index (Phi) is 9.66. The summed E-state index contributed by atoms with van der Waals surface area (Å²) in [6.07, 6.45) is 6.12. The molecule has 0 unspecified atom stereocenters. The second-order valence-electron chi connectivity index (χ2n) is 9.39. The van der Waals surface area contributed by atoms with Gasteiger partial charge in [-0.1, -0.05) is 72.3 Å². The number of halogens is 2. The normalized spacial score (nSPS) is 15.2. The SMILES string of the molecule is Cc1ccc(CN(C(=O)CN(c2cc(Cl)ccc2Cl)S(C)(=O)=O)[C@@H](C)C(=O)NC2CCCCC2)cc1. The molecule has 1 aliphatic rings. The van der Waals surface area contributed by atoms with Crippen LogP contribution >= 0.6 is 23.2 Å². The zero-order valence-electron chi connectivity index (χ0n) is 20.8. The number of rotatable bonds is 9. The topological polar surface area (TPSA) is 86.8 Å². The molecule has 0 heterocycles. The Labute approximate surface area is 223 Å². The number of nitrogens with zero attached hydrogens (tertiary/aromatic N) is 2. The van der Waals surface area contributed by atoms with E-state index in [2.05, 4.69) is 5.32 Å². The van der Waals surface area contributed by atoms with Crippen molar-refractivity contribution >= 4 is 50.7 Å². The van der Waals surface area contributed by atoms with E-state index in [1.807, 2.05) is 31.2 Å². The smallest absolute Gasteiger partial charge is 0.244 e. The number of hydrogen-bond donors (Lipinski definition) is 1. The highest BCUT2D eigenvalue weighted by Crippen LogP contribution is 2.31. The van der Waals surface area contributed by atoms with Crippen LogP contribution in [0.1, 0.15) is 50.2 Å². The van der Waals surface area contributed by atoms with E-state index in [1.54, 1.807) is 6.92 Å². The van der Waals surface area contributed by atoms with E-state index in [1.165, 1.54) is 23.1 Å². The summed E-state index contributed by atoms with van der Waals surface area (Å²) in [5.41, 5.74) is 2.01. The van der Waals surface area contributed by atoms with Gasteiger partial charge in [0.05, 0.1) is 17.0 Å². The molecule has 1 fully saturated rings. The molecule has 2 aromatic carbocycles. The van der Waals surface area contributed by atoms with Gasteiger partial charge in [-0.2, -0.15) is 0 Å². The maximum absolute atomic E-state index is 13.6. The van der Waals surface area contributed by atoms with E-state index in [4.69, 9.17) is 23.2 Å². The van der Waals surface area contributed by atoms with Crippen LogP contribution in [0.2, 0.25) is 10.0 Å². The van der Waals surface area contributed by atoms with E-state index >= 15 is 0 Å². The average molecular weight is 555 g/mol. The Bertz CT molecular complexity index is 1180. The number of sulfonamides is 1. The fourth-order valence-electron chi connectivity index (χ4n) is 4.31. The van der Waals surface area contributed by atoms with Crippen LogP contribution in [-0.2, 0) is 26.2 Å². The van der Waals surface area contributed by atoms with Crippen LogP contribution in [0.3, 0.4) is 0 Å². The van der Waals surface area contributed by atoms with Crippen LogP contribution in [0.15, 0.2) is 42.5 Å². The van der Waals surface area contributed by atoms with Gasteiger partial charge in [0.1, 0.15) is 12.6 Å².